The number of nitrogen functional groups attached to an aromatic ring is 1. The van der Waals surface area contributed by atoms with Crippen LogP contribution in [0, 0.1) is 5.82 Å². The van der Waals surface area contributed by atoms with Gasteiger partial charge in [-0.3, -0.25) is 0 Å². The van der Waals surface area contributed by atoms with E-state index in [2.05, 4.69) is 30.9 Å². The molecular weight excluding hydrogens is 275 g/mol. The molecule has 0 fully saturated rings. The van der Waals surface area contributed by atoms with Gasteiger partial charge in [-0.25, -0.2) is 4.39 Å². The summed E-state index contributed by atoms with van der Waals surface area (Å²) in [4.78, 5) is 2.11. The second kappa shape index (κ2) is 6.14. The second-order valence-electron chi connectivity index (χ2n) is 5.03. The Balaban J connectivity index is 2.37. The SMILES string of the molecule is CC(C)N(Cc1ccccc1)c1cc(Cl)c(F)cc1N. The van der Waals surface area contributed by atoms with Gasteiger partial charge in [-0.1, -0.05) is 41.9 Å². The van der Waals surface area contributed by atoms with E-state index in [4.69, 9.17) is 17.3 Å². The van der Waals surface area contributed by atoms with Crippen molar-refractivity contribution >= 4 is 23.0 Å². The Morgan fingerprint density at radius 3 is 2.45 bits per heavy atom. The summed E-state index contributed by atoms with van der Waals surface area (Å²) >= 11 is 5.88. The summed E-state index contributed by atoms with van der Waals surface area (Å²) in [5.74, 6) is -0.490. The van der Waals surface area contributed by atoms with Crippen molar-refractivity contribution in [2.45, 2.75) is 26.4 Å². The molecule has 0 atom stereocenters. The molecule has 0 aromatic heterocycles. The van der Waals surface area contributed by atoms with Gasteiger partial charge < -0.3 is 10.6 Å². The fourth-order valence-electron chi connectivity index (χ4n) is 2.13. The molecule has 2 N–H and O–H groups in total. The Morgan fingerprint density at radius 2 is 1.85 bits per heavy atom. The van der Waals surface area contributed by atoms with Crippen molar-refractivity contribution in [3.8, 4) is 0 Å². The molecule has 0 bridgehead atoms. The molecule has 0 heterocycles. The standard InChI is InChI=1S/C16H18ClFN2/c1-11(2)20(10-12-6-4-3-5-7-12)16-8-13(17)14(18)9-15(16)19/h3-9,11H,10,19H2,1-2H3. The van der Waals surface area contributed by atoms with Gasteiger partial charge in [0.05, 0.1) is 16.4 Å². The maximum atomic E-state index is 13.4. The number of hydrogen-bond acceptors (Lipinski definition) is 2. The first-order valence-electron chi connectivity index (χ1n) is 6.54. The summed E-state index contributed by atoms with van der Waals surface area (Å²) < 4.78 is 13.4. The van der Waals surface area contributed by atoms with Gasteiger partial charge in [0, 0.05) is 18.7 Å². The van der Waals surface area contributed by atoms with E-state index in [-0.39, 0.29) is 11.1 Å². The van der Waals surface area contributed by atoms with E-state index in [1.807, 2.05) is 18.2 Å². The van der Waals surface area contributed by atoms with Crippen LogP contribution in [0.4, 0.5) is 15.8 Å². The minimum absolute atomic E-state index is 0.0907. The van der Waals surface area contributed by atoms with Crippen molar-refractivity contribution in [3.05, 3.63) is 58.9 Å². The van der Waals surface area contributed by atoms with Gasteiger partial charge in [-0.05, 0) is 25.5 Å². The molecule has 0 aliphatic rings. The molecule has 0 unspecified atom stereocenters. The van der Waals surface area contributed by atoms with Crippen molar-refractivity contribution in [1.82, 2.24) is 0 Å². The topological polar surface area (TPSA) is 29.3 Å². The van der Waals surface area contributed by atoms with Crippen LogP contribution in [0.2, 0.25) is 5.02 Å². The minimum atomic E-state index is -0.490. The van der Waals surface area contributed by atoms with E-state index in [1.54, 1.807) is 6.07 Å². The molecule has 0 amide bonds. The number of hydrogen-bond donors (Lipinski definition) is 1. The number of halogens is 2. The molecule has 0 spiro atoms. The predicted molar refractivity (Wildman–Crippen MR) is 83.6 cm³/mol. The van der Waals surface area contributed by atoms with Crippen LogP contribution in [0.1, 0.15) is 19.4 Å². The first-order valence-corrected chi connectivity index (χ1v) is 6.92. The molecule has 0 saturated carbocycles. The molecule has 0 radical (unpaired) electrons. The third-order valence-corrected chi connectivity index (χ3v) is 3.49. The Bertz CT molecular complexity index is 585. The zero-order valence-electron chi connectivity index (χ0n) is 11.6. The summed E-state index contributed by atoms with van der Waals surface area (Å²) in [7, 11) is 0. The molecule has 20 heavy (non-hydrogen) atoms. The zero-order chi connectivity index (χ0) is 14.7. The summed E-state index contributed by atoms with van der Waals surface area (Å²) in [5.41, 5.74) is 8.27. The third-order valence-electron chi connectivity index (χ3n) is 3.20. The lowest BCUT2D eigenvalue weighted by Gasteiger charge is -2.30. The van der Waals surface area contributed by atoms with Gasteiger partial charge in [-0.15, -0.1) is 0 Å². The second-order valence-corrected chi connectivity index (χ2v) is 5.44. The highest BCUT2D eigenvalue weighted by molar-refractivity contribution is 6.31. The van der Waals surface area contributed by atoms with Crippen molar-refractivity contribution in [2.75, 3.05) is 10.6 Å². The summed E-state index contributed by atoms with van der Waals surface area (Å²) in [6.45, 7) is 4.84. The maximum absolute atomic E-state index is 13.4. The molecule has 0 aliphatic carbocycles. The van der Waals surface area contributed by atoms with Crippen LogP contribution >= 0.6 is 11.6 Å². The minimum Gasteiger partial charge on any atom is -0.397 e. The number of nitrogens with two attached hydrogens (primary N) is 1. The average molecular weight is 293 g/mol. The Kier molecular flexibility index (Phi) is 4.50. The third kappa shape index (κ3) is 3.23. The summed E-state index contributed by atoms with van der Waals surface area (Å²) in [5, 5.41) is 0.0907. The Labute approximate surface area is 124 Å². The number of nitrogens with zero attached hydrogens (tertiary/aromatic N) is 1. The van der Waals surface area contributed by atoms with Gasteiger partial charge in [0.25, 0.3) is 0 Å². The van der Waals surface area contributed by atoms with Crippen LogP contribution in [0.25, 0.3) is 0 Å². The average Bonchev–Trinajstić information content (AvgIpc) is 2.41. The largest absolute Gasteiger partial charge is 0.397 e. The van der Waals surface area contributed by atoms with Crippen molar-refractivity contribution in [1.29, 1.82) is 0 Å². The van der Waals surface area contributed by atoms with Crippen LogP contribution in [0.15, 0.2) is 42.5 Å². The van der Waals surface area contributed by atoms with Crippen molar-refractivity contribution in [2.24, 2.45) is 0 Å². The molecule has 106 valence electrons. The summed E-state index contributed by atoms with van der Waals surface area (Å²) in [6.07, 6.45) is 0. The van der Waals surface area contributed by atoms with Gasteiger partial charge in [0.1, 0.15) is 5.82 Å². The van der Waals surface area contributed by atoms with Crippen LogP contribution in [0.3, 0.4) is 0 Å². The van der Waals surface area contributed by atoms with Crippen molar-refractivity contribution in [3.63, 3.8) is 0 Å². The fourth-order valence-corrected chi connectivity index (χ4v) is 2.28. The number of rotatable bonds is 4. The molecule has 2 rings (SSSR count). The van der Waals surface area contributed by atoms with Crippen LogP contribution in [0.5, 0.6) is 0 Å². The fraction of sp³-hybridized carbons (Fsp3) is 0.250. The molecule has 2 aromatic rings. The van der Waals surface area contributed by atoms with Crippen LogP contribution < -0.4 is 10.6 Å². The maximum Gasteiger partial charge on any atom is 0.143 e. The monoisotopic (exact) mass is 292 g/mol. The van der Waals surface area contributed by atoms with E-state index in [0.29, 0.717) is 12.2 Å². The number of benzene rings is 2. The quantitative estimate of drug-likeness (QED) is 0.842. The van der Waals surface area contributed by atoms with Crippen LogP contribution in [-0.2, 0) is 6.54 Å². The highest BCUT2D eigenvalue weighted by Crippen LogP contribution is 2.31. The van der Waals surface area contributed by atoms with Gasteiger partial charge in [0.15, 0.2) is 0 Å². The zero-order valence-corrected chi connectivity index (χ0v) is 12.4. The highest BCUT2D eigenvalue weighted by Gasteiger charge is 2.16. The molecule has 0 aliphatic heterocycles. The van der Waals surface area contributed by atoms with E-state index in [9.17, 15) is 4.39 Å². The highest BCUT2D eigenvalue weighted by atomic mass is 35.5. The van der Waals surface area contributed by atoms with E-state index < -0.39 is 5.82 Å². The number of anilines is 2. The first-order chi connectivity index (χ1) is 9.49. The van der Waals surface area contributed by atoms with Gasteiger partial charge in [-0.2, -0.15) is 0 Å². The smallest absolute Gasteiger partial charge is 0.143 e. The van der Waals surface area contributed by atoms with E-state index in [0.717, 1.165) is 5.69 Å². The first kappa shape index (κ1) is 14.7. The molecular formula is C16H18ClFN2. The normalized spacial score (nSPS) is 10.8. The Morgan fingerprint density at radius 1 is 1.20 bits per heavy atom. The van der Waals surface area contributed by atoms with E-state index >= 15 is 0 Å². The lowest BCUT2D eigenvalue weighted by atomic mass is 10.1. The molecule has 2 nitrogen and oxygen atoms in total. The molecule has 4 heteroatoms. The Hall–Kier alpha value is -1.74. The van der Waals surface area contributed by atoms with E-state index in [1.165, 1.54) is 11.6 Å². The lowest BCUT2D eigenvalue weighted by Crippen LogP contribution is -2.30. The summed E-state index contributed by atoms with van der Waals surface area (Å²) in [6, 6.07) is 13.2. The molecule has 2 aromatic carbocycles. The van der Waals surface area contributed by atoms with Gasteiger partial charge in [0.2, 0.25) is 0 Å². The lowest BCUT2D eigenvalue weighted by molar-refractivity contribution is 0.627. The molecule has 0 saturated heterocycles. The predicted octanol–water partition coefficient (Wildman–Crippen LogP) is 4.48. The van der Waals surface area contributed by atoms with Crippen molar-refractivity contribution < 1.29 is 4.39 Å². The van der Waals surface area contributed by atoms with Crippen LogP contribution in [-0.4, -0.2) is 6.04 Å². The van der Waals surface area contributed by atoms with Gasteiger partial charge >= 0.3 is 0 Å².